The summed E-state index contributed by atoms with van der Waals surface area (Å²) < 4.78 is 0. The SMILES string of the molecule is CCCCCCCCCCC/C=C\C/C=C\CCCCCCCCCCCCCCCCCCC(O)C(=O)NC(CO)C(O)C(O)CCC/C=C/CC/C=C/CC/C=C/CCCCCCCCCCCCCCC. The maximum Gasteiger partial charge on any atom is 0.249 e. The molecule has 0 aromatic carbocycles. The van der Waals surface area contributed by atoms with Gasteiger partial charge in [0.25, 0.3) is 0 Å². The van der Waals surface area contributed by atoms with Crippen LogP contribution in [0, 0.1) is 0 Å². The fourth-order valence-corrected chi connectivity index (χ4v) is 10.1. The van der Waals surface area contributed by atoms with Crippen molar-refractivity contribution in [3.8, 4) is 0 Å². The minimum absolute atomic E-state index is 0.358. The number of aliphatic hydroxyl groups excluding tert-OH is 4. The van der Waals surface area contributed by atoms with E-state index >= 15 is 0 Å². The summed E-state index contributed by atoms with van der Waals surface area (Å²) in [6.07, 6.45) is 81.8. The Balaban J connectivity index is 3.65. The Morgan fingerprint density at radius 1 is 0.338 bits per heavy atom. The predicted molar refractivity (Wildman–Crippen MR) is 325 cm³/mol. The highest BCUT2D eigenvalue weighted by molar-refractivity contribution is 5.80. The fraction of sp³-hybridized carbons (Fsp3) is 0.838. The molecule has 74 heavy (non-hydrogen) atoms. The third kappa shape index (κ3) is 54.8. The Kier molecular flexibility index (Phi) is 60.2. The van der Waals surface area contributed by atoms with E-state index in [-0.39, 0.29) is 0 Å². The van der Waals surface area contributed by atoms with Crippen molar-refractivity contribution in [2.75, 3.05) is 6.61 Å². The average Bonchev–Trinajstić information content (AvgIpc) is 3.41. The normalized spacial score (nSPS) is 14.0. The van der Waals surface area contributed by atoms with Crippen LogP contribution >= 0.6 is 0 Å². The number of carbonyl (C=O) groups excluding carboxylic acids is 1. The summed E-state index contributed by atoms with van der Waals surface area (Å²) in [4.78, 5) is 12.6. The van der Waals surface area contributed by atoms with Gasteiger partial charge in [0, 0.05) is 0 Å². The molecule has 0 aliphatic heterocycles. The van der Waals surface area contributed by atoms with E-state index in [9.17, 15) is 25.2 Å². The third-order valence-electron chi connectivity index (χ3n) is 15.2. The van der Waals surface area contributed by atoms with Crippen molar-refractivity contribution in [1.29, 1.82) is 0 Å². The lowest BCUT2D eigenvalue weighted by atomic mass is 10.00. The van der Waals surface area contributed by atoms with Gasteiger partial charge in [-0.25, -0.2) is 0 Å². The average molecular weight is 1040 g/mol. The van der Waals surface area contributed by atoms with Crippen molar-refractivity contribution < 1.29 is 25.2 Å². The second kappa shape index (κ2) is 61.9. The molecule has 0 aliphatic rings. The van der Waals surface area contributed by atoms with Gasteiger partial charge in [-0.2, -0.15) is 0 Å². The van der Waals surface area contributed by atoms with Crippen molar-refractivity contribution in [2.45, 2.75) is 359 Å². The second-order valence-corrected chi connectivity index (χ2v) is 22.4. The third-order valence-corrected chi connectivity index (χ3v) is 15.2. The molecule has 6 heteroatoms. The number of carbonyl (C=O) groups is 1. The lowest BCUT2D eigenvalue weighted by molar-refractivity contribution is -0.132. The zero-order valence-corrected chi connectivity index (χ0v) is 49.3. The lowest BCUT2D eigenvalue weighted by Crippen LogP contribution is -2.53. The Labute approximate surface area is 461 Å². The molecule has 0 heterocycles. The van der Waals surface area contributed by atoms with Crippen LogP contribution in [0.15, 0.2) is 60.8 Å². The number of hydrogen-bond donors (Lipinski definition) is 5. The molecule has 6 nitrogen and oxygen atoms in total. The van der Waals surface area contributed by atoms with E-state index in [2.05, 4.69) is 79.9 Å². The summed E-state index contributed by atoms with van der Waals surface area (Å²) in [5.41, 5.74) is 0. The molecule has 0 radical (unpaired) electrons. The number of allylic oxidation sites excluding steroid dienone is 10. The molecule has 434 valence electrons. The fourth-order valence-electron chi connectivity index (χ4n) is 10.1. The molecule has 0 aromatic rings. The molecule has 0 rings (SSSR count). The molecule has 4 unspecified atom stereocenters. The van der Waals surface area contributed by atoms with Crippen LogP contribution in [0.4, 0.5) is 0 Å². The zero-order valence-electron chi connectivity index (χ0n) is 49.3. The largest absolute Gasteiger partial charge is 0.394 e. The highest BCUT2D eigenvalue weighted by Crippen LogP contribution is 2.18. The van der Waals surface area contributed by atoms with Gasteiger partial charge < -0.3 is 25.7 Å². The van der Waals surface area contributed by atoms with Crippen molar-refractivity contribution >= 4 is 5.91 Å². The molecule has 0 aromatic heterocycles. The Morgan fingerprint density at radius 3 is 0.932 bits per heavy atom. The molecule has 0 bridgehead atoms. The molecule has 1 amide bonds. The van der Waals surface area contributed by atoms with E-state index in [4.69, 9.17) is 0 Å². The van der Waals surface area contributed by atoms with Crippen molar-refractivity contribution in [3.63, 3.8) is 0 Å². The molecular weight excluding hydrogens is 911 g/mol. The van der Waals surface area contributed by atoms with E-state index in [1.807, 2.05) is 0 Å². The van der Waals surface area contributed by atoms with E-state index in [1.54, 1.807) is 0 Å². The topological polar surface area (TPSA) is 110 Å². The molecular formula is C68H127NO5. The summed E-state index contributed by atoms with van der Waals surface area (Å²) in [6.45, 7) is 4.07. The zero-order chi connectivity index (χ0) is 53.7. The number of nitrogens with one attached hydrogen (secondary N) is 1. The smallest absolute Gasteiger partial charge is 0.249 e. The minimum Gasteiger partial charge on any atom is -0.394 e. The Bertz CT molecular complexity index is 1260. The van der Waals surface area contributed by atoms with Gasteiger partial charge in [0.1, 0.15) is 12.2 Å². The maximum atomic E-state index is 12.6. The van der Waals surface area contributed by atoms with E-state index in [1.165, 1.54) is 244 Å². The van der Waals surface area contributed by atoms with Crippen LogP contribution in [0.5, 0.6) is 0 Å². The van der Waals surface area contributed by atoms with E-state index in [0.29, 0.717) is 19.3 Å². The number of rotatable bonds is 60. The van der Waals surface area contributed by atoms with Gasteiger partial charge >= 0.3 is 0 Å². The summed E-state index contributed by atoms with van der Waals surface area (Å²) >= 11 is 0. The molecule has 0 fully saturated rings. The quantitative estimate of drug-likeness (QED) is 0.0308. The number of unbranched alkanes of at least 4 members (excludes halogenated alkanes) is 41. The van der Waals surface area contributed by atoms with Gasteiger partial charge in [-0.15, -0.1) is 0 Å². The number of aliphatic hydroxyl groups is 4. The molecule has 0 spiro atoms. The highest BCUT2D eigenvalue weighted by Gasteiger charge is 2.28. The molecule has 0 saturated heterocycles. The van der Waals surface area contributed by atoms with Crippen molar-refractivity contribution in [3.05, 3.63) is 60.8 Å². The summed E-state index contributed by atoms with van der Waals surface area (Å²) in [5, 5.41) is 44.1. The van der Waals surface area contributed by atoms with Crippen LogP contribution in [0.1, 0.15) is 335 Å². The van der Waals surface area contributed by atoms with Gasteiger partial charge in [-0.3, -0.25) is 4.79 Å². The van der Waals surface area contributed by atoms with Gasteiger partial charge in [-0.1, -0.05) is 299 Å². The molecule has 5 N–H and O–H groups in total. The monoisotopic (exact) mass is 1040 g/mol. The van der Waals surface area contributed by atoms with Crippen molar-refractivity contribution in [1.82, 2.24) is 5.32 Å². The Hall–Kier alpha value is -1.99. The first-order valence-corrected chi connectivity index (χ1v) is 32.7. The Morgan fingerprint density at radius 2 is 0.608 bits per heavy atom. The van der Waals surface area contributed by atoms with E-state index in [0.717, 1.165) is 57.8 Å². The van der Waals surface area contributed by atoms with Gasteiger partial charge in [-0.05, 0) is 96.3 Å². The van der Waals surface area contributed by atoms with Crippen LogP contribution in [-0.4, -0.2) is 57.3 Å². The van der Waals surface area contributed by atoms with Crippen LogP contribution in [0.3, 0.4) is 0 Å². The first-order chi connectivity index (χ1) is 36.5. The first-order valence-electron chi connectivity index (χ1n) is 32.7. The molecule has 0 aliphatic carbocycles. The number of hydrogen-bond acceptors (Lipinski definition) is 5. The summed E-state index contributed by atoms with van der Waals surface area (Å²) in [6, 6.07) is -1.02. The van der Waals surface area contributed by atoms with E-state index < -0.39 is 36.9 Å². The second-order valence-electron chi connectivity index (χ2n) is 22.4. The van der Waals surface area contributed by atoms with Gasteiger partial charge in [0.2, 0.25) is 5.91 Å². The molecule has 0 saturated carbocycles. The standard InChI is InChI=1S/C68H127NO5/c1-3-5-7-9-11-13-15-17-19-21-23-25-27-29-31-32-33-34-35-36-38-40-42-44-46-48-50-52-54-56-58-60-62-66(72)68(74)69-64(63-70)67(73)65(71)61-59-57-55-53-51-49-47-45-43-41-39-37-30-28-26-24-22-20-18-16-14-12-10-8-6-4-2/h23,25,29,31,37,39,45,47,53,55,64-67,70-73H,3-22,24,26-28,30,32-36,38,40-44,46,48-52,54,56-63H2,1-2H3,(H,69,74)/b25-23-,31-29-,39-37+,47-45+,55-53+. The summed E-state index contributed by atoms with van der Waals surface area (Å²) in [7, 11) is 0. The lowest BCUT2D eigenvalue weighted by Gasteiger charge is -2.27. The first kappa shape index (κ1) is 72.0. The number of amides is 1. The van der Waals surface area contributed by atoms with Gasteiger partial charge in [0.05, 0.1) is 18.8 Å². The maximum absolute atomic E-state index is 12.6. The van der Waals surface area contributed by atoms with Crippen molar-refractivity contribution in [2.24, 2.45) is 0 Å². The highest BCUT2D eigenvalue weighted by atomic mass is 16.3. The predicted octanol–water partition coefficient (Wildman–Crippen LogP) is 19.9. The van der Waals surface area contributed by atoms with Crippen LogP contribution < -0.4 is 5.32 Å². The van der Waals surface area contributed by atoms with Crippen LogP contribution in [0.2, 0.25) is 0 Å². The minimum atomic E-state index is -1.30. The van der Waals surface area contributed by atoms with Gasteiger partial charge in [0.15, 0.2) is 0 Å². The van der Waals surface area contributed by atoms with Crippen LogP contribution in [0.25, 0.3) is 0 Å². The van der Waals surface area contributed by atoms with Crippen LogP contribution in [-0.2, 0) is 4.79 Å². The molecule has 4 atom stereocenters. The summed E-state index contributed by atoms with van der Waals surface area (Å²) in [5.74, 6) is -0.597.